The maximum absolute atomic E-state index is 12.4. The SMILES string of the molecule is Cc1cccc(C(=O)Nc2cncc(C(C)Nc3cncc(Cl)n3)c2)c1. The molecular weight excluding hydrogens is 350 g/mol. The van der Waals surface area contributed by atoms with E-state index in [1.54, 1.807) is 24.7 Å². The fourth-order valence-corrected chi connectivity index (χ4v) is 2.62. The molecule has 0 saturated heterocycles. The van der Waals surface area contributed by atoms with Crippen LogP contribution >= 0.6 is 11.6 Å². The van der Waals surface area contributed by atoms with Gasteiger partial charge in [0.2, 0.25) is 0 Å². The van der Waals surface area contributed by atoms with Gasteiger partial charge in [0.25, 0.3) is 5.91 Å². The molecule has 26 heavy (non-hydrogen) atoms. The molecule has 0 bridgehead atoms. The minimum Gasteiger partial charge on any atom is -0.362 e. The second-order valence-corrected chi connectivity index (χ2v) is 6.31. The molecule has 7 heteroatoms. The van der Waals surface area contributed by atoms with E-state index in [1.807, 2.05) is 38.1 Å². The van der Waals surface area contributed by atoms with E-state index in [0.717, 1.165) is 11.1 Å². The Morgan fingerprint density at radius 3 is 2.69 bits per heavy atom. The van der Waals surface area contributed by atoms with Crippen molar-refractivity contribution in [1.29, 1.82) is 0 Å². The predicted molar refractivity (Wildman–Crippen MR) is 102 cm³/mol. The first kappa shape index (κ1) is 17.8. The third-order valence-electron chi connectivity index (χ3n) is 3.77. The van der Waals surface area contributed by atoms with Gasteiger partial charge in [0.1, 0.15) is 11.0 Å². The number of carbonyl (C=O) groups excluding carboxylic acids is 1. The normalized spacial score (nSPS) is 11.7. The van der Waals surface area contributed by atoms with Crippen molar-refractivity contribution in [3.63, 3.8) is 0 Å². The molecule has 1 unspecified atom stereocenters. The molecule has 2 heterocycles. The van der Waals surface area contributed by atoms with E-state index in [4.69, 9.17) is 11.6 Å². The van der Waals surface area contributed by atoms with Crippen molar-refractivity contribution in [3.8, 4) is 0 Å². The molecule has 0 fully saturated rings. The number of anilines is 2. The highest BCUT2D eigenvalue weighted by molar-refractivity contribution is 6.29. The standard InChI is InChI=1S/C19H18ClN5O/c1-12-4-3-5-14(6-12)19(26)24-16-7-15(8-21-9-16)13(2)23-18-11-22-10-17(20)25-18/h3-11,13H,1-2H3,(H,23,25)(H,24,26). The van der Waals surface area contributed by atoms with E-state index >= 15 is 0 Å². The molecule has 0 aliphatic rings. The van der Waals surface area contributed by atoms with Crippen LogP contribution < -0.4 is 10.6 Å². The number of aryl methyl sites for hydroxylation is 1. The molecule has 2 N–H and O–H groups in total. The first-order valence-electron chi connectivity index (χ1n) is 8.08. The van der Waals surface area contributed by atoms with Crippen LogP contribution in [0.15, 0.2) is 55.1 Å². The average molecular weight is 368 g/mol. The van der Waals surface area contributed by atoms with Crippen molar-refractivity contribution in [3.05, 3.63) is 77.0 Å². The Labute approximate surface area is 156 Å². The number of hydrogen-bond acceptors (Lipinski definition) is 5. The van der Waals surface area contributed by atoms with Gasteiger partial charge in [-0.1, -0.05) is 29.3 Å². The molecule has 2 aromatic heterocycles. The fraction of sp³-hybridized carbons (Fsp3) is 0.158. The number of hydrogen-bond donors (Lipinski definition) is 2. The van der Waals surface area contributed by atoms with Crippen molar-refractivity contribution in [2.75, 3.05) is 10.6 Å². The zero-order valence-corrected chi connectivity index (χ0v) is 15.2. The van der Waals surface area contributed by atoms with Crippen LogP contribution in [0.2, 0.25) is 5.15 Å². The van der Waals surface area contributed by atoms with Crippen LogP contribution in [0.5, 0.6) is 0 Å². The van der Waals surface area contributed by atoms with Gasteiger partial charge in [-0.25, -0.2) is 4.98 Å². The van der Waals surface area contributed by atoms with Crippen molar-refractivity contribution in [1.82, 2.24) is 15.0 Å². The lowest BCUT2D eigenvalue weighted by Gasteiger charge is -2.15. The van der Waals surface area contributed by atoms with Gasteiger partial charge < -0.3 is 10.6 Å². The summed E-state index contributed by atoms with van der Waals surface area (Å²) in [5.74, 6) is 0.396. The number of halogens is 1. The predicted octanol–water partition coefficient (Wildman–Crippen LogP) is 4.26. The molecule has 1 aromatic carbocycles. The zero-order valence-electron chi connectivity index (χ0n) is 14.4. The molecule has 0 aliphatic carbocycles. The average Bonchev–Trinajstić information content (AvgIpc) is 2.62. The Morgan fingerprint density at radius 2 is 1.92 bits per heavy atom. The van der Waals surface area contributed by atoms with Gasteiger partial charge in [0, 0.05) is 11.8 Å². The lowest BCUT2D eigenvalue weighted by molar-refractivity contribution is 0.102. The van der Waals surface area contributed by atoms with Crippen molar-refractivity contribution in [2.45, 2.75) is 19.9 Å². The Hall–Kier alpha value is -2.99. The Morgan fingerprint density at radius 1 is 1.12 bits per heavy atom. The lowest BCUT2D eigenvalue weighted by Crippen LogP contribution is -2.13. The van der Waals surface area contributed by atoms with Crippen molar-refractivity contribution >= 4 is 29.0 Å². The number of nitrogens with one attached hydrogen (secondary N) is 2. The number of pyridine rings is 1. The summed E-state index contributed by atoms with van der Waals surface area (Å²) < 4.78 is 0. The third kappa shape index (κ3) is 4.55. The second-order valence-electron chi connectivity index (χ2n) is 5.92. The van der Waals surface area contributed by atoms with E-state index in [0.29, 0.717) is 22.2 Å². The first-order chi connectivity index (χ1) is 12.5. The quantitative estimate of drug-likeness (QED) is 0.704. The molecule has 0 aliphatic heterocycles. The maximum Gasteiger partial charge on any atom is 0.255 e. The van der Waals surface area contributed by atoms with Crippen LogP contribution in [-0.2, 0) is 0 Å². The zero-order chi connectivity index (χ0) is 18.5. The molecule has 6 nitrogen and oxygen atoms in total. The highest BCUT2D eigenvalue weighted by Crippen LogP contribution is 2.20. The lowest BCUT2D eigenvalue weighted by atomic mass is 10.1. The summed E-state index contributed by atoms with van der Waals surface area (Å²) in [5, 5.41) is 6.40. The summed E-state index contributed by atoms with van der Waals surface area (Å²) >= 11 is 5.85. The van der Waals surface area contributed by atoms with Gasteiger partial charge in [-0.15, -0.1) is 0 Å². The van der Waals surface area contributed by atoms with E-state index in [1.165, 1.54) is 6.20 Å². The Bertz CT molecular complexity index is 931. The van der Waals surface area contributed by atoms with Crippen LogP contribution in [0.1, 0.15) is 34.5 Å². The first-order valence-corrected chi connectivity index (χ1v) is 8.46. The summed E-state index contributed by atoms with van der Waals surface area (Å²) in [4.78, 5) is 24.8. The molecule has 1 atom stereocenters. The van der Waals surface area contributed by atoms with Gasteiger partial charge in [-0.2, -0.15) is 0 Å². The Kier molecular flexibility index (Phi) is 5.43. The topological polar surface area (TPSA) is 79.8 Å². The smallest absolute Gasteiger partial charge is 0.255 e. The van der Waals surface area contributed by atoms with Crippen LogP contribution in [-0.4, -0.2) is 20.9 Å². The highest BCUT2D eigenvalue weighted by Gasteiger charge is 2.11. The molecule has 0 saturated carbocycles. The minimum atomic E-state index is -0.172. The van der Waals surface area contributed by atoms with Crippen LogP contribution in [0.3, 0.4) is 0 Å². The second kappa shape index (κ2) is 7.93. The van der Waals surface area contributed by atoms with Gasteiger partial charge in [0.15, 0.2) is 0 Å². The number of carbonyl (C=O) groups is 1. The molecule has 1 amide bonds. The third-order valence-corrected chi connectivity index (χ3v) is 3.95. The number of amides is 1. The summed E-state index contributed by atoms with van der Waals surface area (Å²) in [6.45, 7) is 3.91. The van der Waals surface area contributed by atoms with E-state index < -0.39 is 0 Å². The van der Waals surface area contributed by atoms with E-state index in [9.17, 15) is 4.79 Å². The van der Waals surface area contributed by atoms with Crippen LogP contribution in [0, 0.1) is 6.92 Å². The van der Waals surface area contributed by atoms with E-state index in [2.05, 4.69) is 25.6 Å². The molecular formula is C19H18ClN5O. The van der Waals surface area contributed by atoms with Crippen molar-refractivity contribution < 1.29 is 4.79 Å². The van der Waals surface area contributed by atoms with Gasteiger partial charge >= 0.3 is 0 Å². The maximum atomic E-state index is 12.4. The van der Waals surface area contributed by atoms with Crippen LogP contribution in [0.25, 0.3) is 0 Å². The molecule has 3 aromatic rings. The summed E-state index contributed by atoms with van der Waals surface area (Å²) in [6.07, 6.45) is 6.42. The van der Waals surface area contributed by atoms with Gasteiger partial charge in [-0.05, 0) is 37.6 Å². The monoisotopic (exact) mass is 367 g/mol. The summed E-state index contributed by atoms with van der Waals surface area (Å²) in [6, 6.07) is 9.21. The largest absolute Gasteiger partial charge is 0.362 e. The number of rotatable bonds is 5. The molecule has 132 valence electrons. The van der Waals surface area contributed by atoms with Gasteiger partial charge in [0.05, 0.1) is 30.3 Å². The minimum absolute atomic E-state index is 0.0916. The van der Waals surface area contributed by atoms with E-state index in [-0.39, 0.29) is 11.9 Å². The summed E-state index contributed by atoms with van der Waals surface area (Å²) in [7, 11) is 0. The van der Waals surface area contributed by atoms with Crippen molar-refractivity contribution in [2.24, 2.45) is 0 Å². The summed E-state index contributed by atoms with van der Waals surface area (Å²) in [5.41, 5.74) is 3.16. The molecule has 3 rings (SSSR count). The highest BCUT2D eigenvalue weighted by atomic mass is 35.5. The number of aromatic nitrogens is 3. The Balaban J connectivity index is 1.72. The number of nitrogens with zero attached hydrogens (tertiary/aromatic N) is 3. The van der Waals surface area contributed by atoms with Gasteiger partial charge in [-0.3, -0.25) is 14.8 Å². The molecule has 0 spiro atoms. The fourth-order valence-electron chi connectivity index (χ4n) is 2.47. The molecule has 0 radical (unpaired) electrons. The van der Waals surface area contributed by atoms with Crippen LogP contribution in [0.4, 0.5) is 11.5 Å². The number of benzene rings is 1.